The molecule has 1 aliphatic carbocycles. The van der Waals surface area contributed by atoms with Gasteiger partial charge in [-0.2, -0.15) is 10.1 Å². The van der Waals surface area contributed by atoms with Gasteiger partial charge >= 0.3 is 0 Å². The molecular formula is C22H18N4O2. The zero-order valence-electron chi connectivity index (χ0n) is 15.3. The van der Waals surface area contributed by atoms with Crippen molar-refractivity contribution in [3.63, 3.8) is 0 Å². The van der Waals surface area contributed by atoms with E-state index in [1.54, 1.807) is 6.07 Å². The Balaban J connectivity index is 1.44. The molecular weight excluding hydrogens is 352 g/mol. The molecule has 0 spiro atoms. The SMILES string of the molecule is CC1=Cc2nc(Nc3ccc(-c4n[nH]c(=O)c5ccccc45)cc3)oc2CC1. The van der Waals surface area contributed by atoms with Gasteiger partial charge in [0.2, 0.25) is 0 Å². The number of rotatable bonds is 3. The van der Waals surface area contributed by atoms with Crippen LogP contribution in [-0.2, 0) is 6.42 Å². The summed E-state index contributed by atoms with van der Waals surface area (Å²) < 4.78 is 5.83. The summed E-state index contributed by atoms with van der Waals surface area (Å²) in [5, 5.41) is 11.5. The van der Waals surface area contributed by atoms with Crippen LogP contribution in [0.2, 0.25) is 0 Å². The van der Waals surface area contributed by atoms with Crippen LogP contribution in [0.1, 0.15) is 24.8 Å². The van der Waals surface area contributed by atoms with Crippen LogP contribution in [0.3, 0.4) is 0 Å². The van der Waals surface area contributed by atoms with Gasteiger partial charge in [-0.25, -0.2) is 5.10 Å². The molecule has 0 atom stereocenters. The molecule has 138 valence electrons. The third kappa shape index (κ3) is 2.89. The lowest BCUT2D eigenvalue weighted by Gasteiger charge is -2.07. The summed E-state index contributed by atoms with van der Waals surface area (Å²) in [6.45, 7) is 2.11. The highest BCUT2D eigenvalue weighted by Crippen LogP contribution is 2.29. The topological polar surface area (TPSA) is 83.8 Å². The molecule has 1 aliphatic rings. The first-order valence-electron chi connectivity index (χ1n) is 9.19. The van der Waals surface area contributed by atoms with Gasteiger partial charge in [0.25, 0.3) is 11.6 Å². The lowest BCUT2D eigenvalue weighted by atomic mass is 10.0. The molecule has 5 rings (SSSR count). The van der Waals surface area contributed by atoms with Gasteiger partial charge < -0.3 is 9.73 Å². The first-order chi connectivity index (χ1) is 13.7. The number of fused-ring (bicyclic) bond motifs is 2. The molecule has 2 aromatic carbocycles. The number of allylic oxidation sites excluding steroid dienone is 1. The largest absolute Gasteiger partial charge is 0.428 e. The number of nitrogens with one attached hydrogen (secondary N) is 2. The van der Waals surface area contributed by atoms with E-state index in [0.717, 1.165) is 46.6 Å². The van der Waals surface area contributed by atoms with Gasteiger partial charge in [-0.15, -0.1) is 0 Å². The highest BCUT2D eigenvalue weighted by atomic mass is 16.4. The number of benzene rings is 2. The maximum atomic E-state index is 12.0. The van der Waals surface area contributed by atoms with Crippen molar-refractivity contribution in [2.75, 3.05) is 5.32 Å². The Morgan fingerprint density at radius 3 is 2.64 bits per heavy atom. The molecule has 28 heavy (non-hydrogen) atoms. The first kappa shape index (κ1) is 16.5. The molecule has 0 unspecified atom stereocenters. The third-order valence-corrected chi connectivity index (χ3v) is 4.96. The second-order valence-electron chi connectivity index (χ2n) is 6.97. The maximum absolute atomic E-state index is 12.0. The van der Waals surface area contributed by atoms with Gasteiger partial charge in [0, 0.05) is 23.1 Å². The van der Waals surface area contributed by atoms with Crippen molar-refractivity contribution in [2.24, 2.45) is 0 Å². The van der Waals surface area contributed by atoms with Crippen LogP contribution in [0.5, 0.6) is 0 Å². The Bertz CT molecular complexity index is 1270. The lowest BCUT2D eigenvalue weighted by molar-refractivity contribution is 0.517. The number of nitrogens with zero attached hydrogens (tertiary/aromatic N) is 2. The highest BCUT2D eigenvalue weighted by molar-refractivity contribution is 5.93. The number of hydrogen-bond donors (Lipinski definition) is 2. The zero-order chi connectivity index (χ0) is 19.1. The van der Waals surface area contributed by atoms with Gasteiger partial charge in [-0.1, -0.05) is 35.9 Å². The zero-order valence-corrected chi connectivity index (χ0v) is 15.3. The van der Waals surface area contributed by atoms with E-state index in [4.69, 9.17) is 4.42 Å². The van der Waals surface area contributed by atoms with Crippen LogP contribution < -0.4 is 10.9 Å². The van der Waals surface area contributed by atoms with Crippen molar-refractivity contribution < 1.29 is 4.42 Å². The highest BCUT2D eigenvalue weighted by Gasteiger charge is 2.16. The predicted molar refractivity (Wildman–Crippen MR) is 110 cm³/mol. The minimum Gasteiger partial charge on any atom is -0.428 e. The van der Waals surface area contributed by atoms with Crippen LogP contribution in [-0.4, -0.2) is 15.2 Å². The quantitative estimate of drug-likeness (QED) is 0.547. The standard InChI is InChI=1S/C22H18N4O2/c1-13-6-11-19-18(12-13)24-22(28-19)23-15-9-7-14(8-10-15)20-16-4-2-3-5-17(16)21(27)26-25-20/h2-5,7-10,12H,6,11H2,1H3,(H,23,24)(H,26,27). The fraction of sp³-hybridized carbons (Fsp3) is 0.136. The van der Waals surface area contributed by atoms with Crippen molar-refractivity contribution in [3.05, 3.63) is 75.9 Å². The number of aryl methyl sites for hydroxylation is 1. The monoisotopic (exact) mass is 370 g/mol. The van der Waals surface area contributed by atoms with E-state index in [1.807, 2.05) is 42.5 Å². The van der Waals surface area contributed by atoms with Crippen LogP contribution in [0.4, 0.5) is 11.7 Å². The lowest BCUT2D eigenvalue weighted by Crippen LogP contribution is -2.09. The Labute approximate surface area is 160 Å². The molecule has 2 aromatic heterocycles. The number of hydrogen-bond acceptors (Lipinski definition) is 5. The molecule has 0 amide bonds. The summed E-state index contributed by atoms with van der Waals surface area (Å²) in [7, 11) is 0. The number of aromatic amines is 1. The Morgan fingerprint density at radius 2 is 1.82 bits per heavy atom. The van der Waals surface area contributed by atoms with Crippen molar-refractivity contribution in [1.82, 2.24) is 15.2 Å². The molecule has 0 fully saturated rings. The summed E-state index contributed by atoms with van der Waals surface area (Å²) in [4.78, 5) is 16.5. The number of anilines is 2. The minimum atomic E-state index is -0.185. The van der Waals surface area contributed by atoms with Crippen LogP contribution in [0.15, 0.2) is 63.3 Å². The molecule has 0 saturated carbocycles. The van der Waals surface area contributed by atoms with E-state index < -0.39 is 0 Å². The molecule has 6 nitrogen and oxygen atoms in total. The van der Waals surface area contributed by atoms with E-state index in [1.165, 1.54) is 5.57 Å². The fourth-order valence-corrected chi connectivity index (χ4v) is 3.49. The number of H-pyrrole nitrogens is 1. The normalized spacial score (nSPS) is 13.2. The van der Waals surface area contributed by atoms with E-state index >= 15 is 0 Å². The Hall–Kier alpha value is -3.67. The maximum Gasteiger partial charge on any atom is 0.299 e. The molecule has 2 heterocycles. The second-order valence-corrected chi connectivity index (χ2v) is 6.97. The minimum absolute atomic E-state index is 0.185. The second kappa shape index (κ2) is 6.49. The predicted octanol–water partition coefficient (Wildman–Crippen LogP) is 4.67. The van der Waals surface area contributed by atoms with Crippen LogP contribution >= 0.6 is 0 Å². The van der Waals surface area contributed by atoms with Crippen molar-refractivity contribution in [2.45, 2.75) is 19.8 Å². The summed E-state index contributed by atoms with van der Waals surface area (Å²) in [5.41, 5.74) is 4.58. The van der Waals surface area contributed by atoms with E-state index in [2.05, 4.69) is 33.5 Å². The van der Waals surface area contributed by atoms with Crippen LogP contribution in [0, 0.1) is 0 Å². The van der Waals surface area contributed by atoms with Crippen molar-refractivity contribution in [3.8, 4) is 11.3 Å². The average Bonchev–Trinajstić information content (AvgIpc) is 3.11. The van der Waals surface area contributed by atoms with Gasteiger partial charge in [-0.05, 0) is 37.6 Å². The first-order valence-corrected chi connectivity index (χ1v) is 9.19. The third-order valence-electron chi connectivity index (χ3n) is 4.96. The van der Waals surface area contributed by atoms with E-state index in [-0.39, 0.29) is 5.56 Å². The summed E-state index contributed by atoms with van der Waals surface area (Å²) in [6, 6.07) is 15.8. The summed E-state index contributed by atoms with van der Waals surface area (Å²) >= 11 is 0. The van der Waals surface area contributed by atoms with E-state index in [9.17, 15) is 4.79 Å². The smallest absolute Gasteiger partial charge is 0.299 e. The fourth-order valence-electron chi connectivity index (χ4n) is 3.49. The van der Waals surface area contributed by atoms with Crippen molar-refractivity contribution >= 4 is 28.6 Å². The van der Waals surface area contributed by atoms with Gasteiger partial charge in [-0.3, -0.25) is 4.79 Å². The average molecular weight is 370 g/mol. The summed E-state index contributed by atoms with van der Waals surface area (Å²) in [6.07, 6.45) is 3.97. The Morgan fingerprint density at radius 1 is 1.04 bits per heavy atom. The molecule has 0 radical (unpaired) electrons. The van der Waals surface area contributed by atoms with Gasteiger partial charge in [0.1, 0.15) is 11.5 Å². The number of oxazole rings is 1. The molecule has 0 aliphatic heterocycles. The molecule has 6 heteroatoms. The Kier molecular flexibility index (Phi) is 3.83. The molecule has 0 bridgehead atoms. The van der Waals surface area contributed by atoms with Crippen LogP contribution in [0.25, 0.3) is 28.1 Å². The molecule has 4 aromatic rings. The molecule has 2 N–H and O–H groups in total. The van der Waals surface area contributed by atoms with Gasteiger partial charge in [0.15, 0.2) is 0 Å². The molecule has 0 saturated heterocycles. The van der Waals surface area contributed by atoms with Gasteiger partial charge in [0.05, 0.1) is 11.1 Å². The summed E-state index contributed by atoms with van der Waals surface area (Å²) in [5.74, 6) is 0.925. The van der Waals surface area contributed by atoms with E-state index in [0.29, 0.717) is 11.4 Å². The van der Waals surface area contributed by atoms with Crippen molar-refractivity contribution in [1.29, 1.82) is 0 Å². The number of aromatic nitrogens is 3.